The first kappa shape index (κ1) is 70.3. The van der Waals surface area contributed by atoms with Crippen LogP contribution in [0, 0.1) is 10.1 Å². The second-order valence-electron chi connectivity index (χ2n) is 10.7. The minimum absolute atomic E-state index is 0. The van der Waals surface area contributed by atoms with E-state index in [1.807, 2.05) is 30.3 Å². The summed E-state index contributed by atoms with van der Waals surface area (Å²) in [6.45, 7) is 0.151. The van der Waals surface area contributed by atoms with Crippen molar-refractivity contribution in [2.24, 2.45) is 16.1 Å². The monoisotopic (exact) mass is 943 g/mol. The van der Waals surface area contributed by atoms with Crippen LogP contribution in [0.25, 0.3) is 0 Å². The van der Waals surface area contributed by atoms with Crippen LogP contribution in [0.3, 0.4) is 0 Å². The average Bonchev–Trinajstić information content (AvgIpc) is 4.05. The Morgan fingerprint density at radius 2 is 1.39 bits per heavy atom. The topological polar surface area (TPSA) is 420 Å². The van der Waals surface area contributed by atoms with Gasteiger partial charge in [-0.2, -0.15) is 0 Å². The number of aromatic nitrogens is 8. The number of aliphatic imine (C=N–C) groups is 1. The number of hydrogen-bond acceptors (Lipinski definition) is 18. The number of carbonyl (C=O) groups is 3. The number of benzene rings is 1. The van der Waals surface area contributed by atoms with E-state index in [1.165, 1.54) is 25.8 Å². The van der Waals surface area contributed by atoms with Crippen LogP contribution >= 0.6 is 18.8 Å². The van der Waals surface area contributed by atoms with Crippen LogP contribution < -0.4 is 75.2 Å². The number of aliphatic hydroxyl groups is 1. The number of aliphatic carboxylic acids is 3. The maximum atomic E-state index is 10.6. The Morgan fingerprint density at radius 3 is 1.78 bits per heavy atom. The Bertz CT molecular complexity index is 1960. The summed E-state index contributed by atoms with van der Waals surface area (Å²) in [4.78, 5) is 68.7. The summed E-state index contributed by atoms with van der Waals surface area (Å²) in [5, 5.41) is 58.7. The molecule has 14 N–H and O–H groups in total. The number of H-pyrrole nitrogens is 4. The third-order valence-electron chi connectivity index (χ3n) is 6.24. The Hall–Kier alpha value is -5.34. The quantitative estimate of drug-likeness (QED) is 0.0124. The van der Waals surface area contributed by atoms with Crippen LogP contribution in [0.15, 0.2) is 83.9 Å². The van der Waals surface area contributed by atoms with E-state index < -0.39 is 29.9 Å². The third-order valence-corrected chi connectivity index (χ3v) is 6.79. The maximum absolute atomic E-state index is 10.6. The SMILES string of the molecule is C.C.C.CO/C([O-])=C/N=Cc1ccccc1.NC(CCc1cnc(NP)[nH]1)C(=O)O.Nc1ncc(CC(=O)O)[nH]1.O=C(O)Cc1cnc[nH]1.O=N[O-].OCCc1cnc(NP)[nH]1.[H+].[Li+].[Na+]. The number of aliphatic hydroxyl groups excluding tert-OH is 1. The van der Waals surface area contributed by atoms with Crippen LogP contribution in [-0.4, -0.2) is 104 Å². The van der Waals surface area contributed by atoms with Crippen molar-refractivity contribution in [2.75, 3.05) is 29.6 Å². The Morgan fingerprint density at radius 1 is 0.891 bits per heavy atom. The number of ether oxygens (including phenoxy) is 1. The number of anilines is 3. The van der Waals surface area contributed by atoms with Crippen LogP contribution in [-0.2, 0) is 44.8 Å². The molecule has 0 fully saturated rings. The molecule has 0 bridgehead atoms. The van der Waals surface area contributed by atoms with Gasteiger partial charge in [0.2, 0.25) is 11.9 Å². The molecule has 5 rings (SSSR count). The average molecular weight is 944 g/mol. The van der Waals surface area contributed by atoms with E-state index in [4.69, 9.17) is 42.0 Å². The van der Waals surface area contributed by atoms with Crippen molar-refractivity contribution < 1.29 is 94.5 Å². The van der Waals surface area contributed by atoms with Crippen molar-refractivity contribution >= 4 is 60.7 Å². The summed E-state index contributed by atoms with van der Waals surface area (Å²) in [6.07, 6.45) is 12.0. The predicted molar refractivity (Wildman–Crippen MR) is 242 cm³/mol. The molecule has 0 radical (unpaired) electrons. The first-order valence-corrected chi connectivity index (χ1v) is 17.6. The summed E-state index contributed by atoms with van der Waals surface area (Å²) in [5.74, 6) is -1.59. The Balaban J connectivity index is -0.000000125. The molecule has 1 aromatic carbocycles. The number of rotatable bonds is 15. The summed E-state index contributed by atoms with van der Waals surface area (Å²) < 4.78 is 4.38. The Labute approximate surface area is 411 Å². The smallest absolute Gasteiger partial charge is 0.616 e. The van der Waals surface area contributed by atoms with Crippen LogP contribution in [0.1, 0.15) is 58.5 Å². The molecule has 346 valence electrons. The molecule has 3 atom stereocenters. The van der Waals surface area contributed by atoms with Gasteiger partial charge in [0.1, 0.15) is 6.04 Å². The van der Waals surface area contributed by atoms with E-state index in [-0.39, 0.29) is 97.5 Å². The molecule has 0 aliphatic carbocycles. The van der Waals surface area contributed by atoms with E-state index in [0.29, 0.717) is 42.5 Å². The molecule has 0 aliphatic heterocycles. The number of carboxylic acids is 3. The zero-order chi connectivity index (χ0) is 44.4. The largest absolute Gasteiger partial charge is 1.00 e. The molecule has 0 saturated heterocycles. The molecule has 0 spiro atoms. The second kappa shape index (κ2) is 44.3. The number of imidazole rings is 4. The summed E-state index contributed by atoms with van der Waals surface area (Å²) in [6, 6.07) is 8.70. The van der Waals surface area contributed by atoms with E-state index in [2.05, 4.69) is 78.6 Å². The number of nitrogens with one attached hydrogen (secondary N) is 6. The number of carboxylic acid groups (broad SMARTS) is 3. The van der Waals surface area contributed by atoms with Gasteiger partial charge in [-0.1, -0.05) is 52.6 Å². The van der Waals surface area contributed by atoms with Crippen LogP contribution in [0.2, 0.25) is 0 Å². The fraction of sp³-hybridized carbons (Fsp3) is 0.314. The molecule has 25 nitrogen and oxygen atoms in total. The van der Waals surface area contributed by atoms with E-state index in [9.17, 15) is 19.5 Å². The van der Waals surface area contributed by atoms with E-state index in [0.717, 1.165) is 28.5 Å². The zero-order valence-electron chi connectivity index (χ0n) is 34.4. The normalized spacial score (nSPS) is 9.67. The van der Waals surface area contributed by atoms with Crippen LogP contribution in [0.5, 0.6) is 0 Å². The first-order valence-electron chi connectivity index (χ1n) is 16.5. The van der Waals surface area contributed by atoms with Gasteiger partial charge in [0.25, 0.3) is 0 Å². The van der Waals surface area contributed by atoms with Gasteiger partial charge >= 0.3 is 67.8 Å². The van der Waals surface area contributed by atoms with Gasteiger partial charge in [-0.25, -0.2) is 19.9 Å². The number of hydrogen-bond donors (Lipinski definition) is 12. The molecule has 3 unspecified atom stereocenters. The fourth-order valence-electron chi connectivity index (χ4n) is 3.62. The number of aryl methyl sites for hydroxylation is 1. The van der Waals surface area contributed by atoms with Gasteiger partial charge < -0.3 is 82.0 Å². The number of methoxy groups -OCH3 is 1. The molecule has 0 saturated carbocycles. The molecular weight excluding hydrogens is 884 g/mol. The maximum Gasteiger partial charge on any atom is 1.00 e. The van der Waals surface area contributed by atoms with Gasteiger partial charge in [0.05, 0.1) is 43.7 Å². The minimum atomic E-state index is -0.978. The fourth-order valence-corrected chi connectivity index (χ4v) is 3.92. The predicted octanol–water partition coefficient (Wildman–Crippen LogP) is -3.05. The van der Waals surface area contributed by atoms with Gasteiger partial charge in [-0.15, -0.1) is 5.34 Å². The van der Waals surface area contributed by atoms with Gasteiger partial charge in [0, 0.05) is 54.4 Å². The molecular formula is C35H59LiN14NaO11P2+. The zero-order valence-corrected chi connectivity index (χ0v) is 37.7. The molecule has 4 aromatic heterocycles. The van der Waals surface area contributed by atoms with Gasteiger partial charge in [-0.3, -0.25) is 19.4 Å². The minimum Gasteiger partial charge on any atom is -0.616 e. The molecule has 5 aromatic rings. The number of nitrogens with two attached hydrogens (primary N) is 2. The third kappa shape index (κ3) is 37.2. The molecule has 29 heteroatoms. The number of aromatic amines is 4. The van der Waals surface area contributed by atoms with Crippen molar-refractivity contribution in [1.82, 2.24) is 39.9 Å². The van der Waals surface area contributed by atoms with Gasteiger partial charge in [0.15, 0.2) is 5.95 Å². The molecule has 64 heavy (non-hydrogen) atoms. The van der Waals surface area contributed by atoms with Crippen molar-refractivity contribution in [3.05, 3.63) is 112 Å². The Kier molecular flexibility index (Phi) is 48.6. The molecule has 4 heterocycles. The summed E-state index contributed by atoms with van der Waals surface area (Å²) >= 11 is 0. The van der Waals surface area contributed by atoms with Gasteiger partial charge in [-0.05, 0) is 44.3 Å². The first-order chi connectivity index (χ1) is 28.2. The number of nitrogens with zero attached hydrogens (tertiary/aromatic N) is 6. The summed E-state index contributed by atoms with van der Waals surface area (Å²) in [5.41, 5.74) is 14.4. The molecule has 0 amide bonds. The number of nitrogen functional groups attached to an aromatic ring is 1. The van der Waals surface area contributed by atoms with E-state index >= 15 is 0 Å². The van der Waals surface area contributed by atoms with Crippen molar-refractivity contribution in [2.45, 2.75) is 60.4 Å². The summed E-state index contributed by atoms with van der Waals surface area (Å²) in [7, 11) is 5.97. The van der Waals surface area contributed by atoms with Crippen LogP contribution in [0.4, 0.5) is 17.8 Å². The second-order valence-corrected chi connectivity index (χ2v) is 11.3. The van der Waals surface area contributed by atoms with Crippen molar-refractivity contribution in [1.29, 1.82) is 0 Å². The van der Waals surface area contributed by atoms with Crippen molar-refractivity contribution in [3.63, 3.8) is 0 Å². The molecule has 0 aliphatic rings. The van der Waals surface area contributed by atoms with Crippen molar-refractivity contribution in [3.8, 4) is 0 Å². The standard InChI is InChI=1S/C10H11NO2.C7H13N4O2P.C5H7N3O2.C5H10N3OP.C5H6N2O2.3CH4.Li.HNO2.Na/c1-13-10(12)8-11-7-9-5-3-2-4-6-9;8-5(6(12)13)2-1-4-3-9-7(10-4)11-14;6-5-7-2-3(8-5)1-4(9)10;9-2-1-4-3-6-5(7-4)8-10;8-5(9)1-4-2-6-3-7-4;;;;;2-1-3;/h2-8,12H,1H3;3,5H,1-2,8,14H2,(H,12,13)(H2,9,10,11);2H,1H2,(H,9,10)(H3,6,7,8);3,9H,1-2,10H2,(H2,6,7,8);2-3H,1H2,(H,6,7)(H,8,9);3*1H4;;(H,2,3);/q;;;;;;;;+1;;+1/p-1/b10-8+,11-7?;;;;;;;;;;. The van der Waals surface area contributed by atoms with E-state index in [1.54, 1.807) is 18.6 Å².